The third-order valence-corrected chi connectivity index (χ3v) is 8.11. The van der Waals surface area contributed by atoms with Crippen molar-refractivity contribution in [3.05, 3.63) is 69.5 Å². The molecule has 0 amide bonds. The summed E-state index contributed by atoms with van der Waals surface area (Å²) in [7, 11) is -2.68. The fourth-order valence-electron chi connectivity index (χ4n) is 4.20. The van der Waals surface area contributed by atoms with Gasteiger partial charge in [0, 0.05) is 49.4 Å². The van der Waals surface area contributed by atoms with Crippen molar-refractivity contribution in [2.45, 2.75) is 37.8 Å². The number of nitrogens with zero attached hydrogens (tertiary/aromatic N) is 3. The molecule has 0 saturated carbocycles. The molecular formula is C23H26F2N4O2S2. The number of anilines is 2. The average molecular weight is 493 g/mol. The van der Waals surface area contributed by atoms with E-state index < -0.39 is 26.6 Å². The van der Waals surface area contributed by atoms with Crippen LogP contribution >= 0.6 is 11.3 Å². The van der Waals surface area contributed by atoms with Crippen LogP contribution < -0.4 is 9.62 Å². The van der Waals surface area contributed by atoms with Crippen molar-refractivity contribution in [3.63, 3.8) is 0 Å². The molecule has 1 saturated heterocycles. The predicted octanol–water partition coefficient (Wildman–Crippen LogP) is 4.55. The predicted molar refractivity (Wildman–Crippen MR) is 127 cm³/mol. The summed E-state index contributed by atoms with van der Waals surface area (Å²) in [5, 5.41) is 2.12. The second-order valence-electron chi connectivity index (χ2n) is 8.28. The van der Waals surface area contributed by atoms with Gasteiger partial charge in [-0.1, -0.05) is 30.3 Å². The lowest BCUT2D eigenvalue weighted by Gasteiger charge is -2.29. The van der Waals surface area contributed by atoms with E-state index in [2.05, 4.69) is 26.7 Å². The Morgan fingerprint density at radius 3 is 2.64 bits per heavy atom. The second-order valence-corrected chi connectivity index (χ2v) is 11.0. The Balaban J connectivity index is 1.54. The molecule has 3 aromatic rings. The molecule has 0 spiro atoms. The van der Waals surface area contributed by atoms with Crippen LogP contribution in [0.3, 0.4) is 0 Å². The Hall–Kier alpha value is -2.56. The number of rotatable bonds is 7. The van der Waals surface area contributed by atoms with E-state index in [1.165, 1.54) is 29.2 Å². The molecule has 1 aromatic heterocycles. The molecule has 0 radical (unpaired) electrons. The first-order valence-corrected chi connectivity index (χ1v) is 12.9. The highest BCUT2D eigenvalue weighted by Crippen LogP contribution is 2.33. The van der Waals surface area contributed by atoms with Crippen LogP contribution in [0.4, 0.5) is 20.3 Å². The van der Waals surface area contributed by atoms with Crippen LogP contribution in [0.1, 0.15) is 22.6 Å². The first kappa shape index (κ1) is 23.6. The van der Waals surface area contributed by atoms with Crippen molar-refractivity contribution in [1.29, 1.82) is 0 Å². The SMILES string of the molecule is Cc1nc(NS(=O)(=O)c2c(F)cc(N(C)[C@H]3CCN(Cc4ccccc4)C3)c(C)c2F)cs1. The summed E-state index contributed by atoms with van der Waals surface area (Å²) < 4.78 is 57.8. The van der Waals surface area contributed by atoms with Gasteiger partial charge in [-0.2, -0.15) is 0 Å². The summed E-state index contributed by atoms with van der Waals surface area (Å²) in [4.78, 5) is 7.17. The molecule has 6 nitrogen and oxygen atoms in total. The minimum Gasteiger partial charge on any atom is -0.370 e. The lowest BCUT2D eigenvalue weighted by atomic mass is 10.1. The molecule has 10 heteroatoms. The molecule has 1 aliphatic rings. The molecule has 1 atom stereocenters. The van der Waals surface area contributed by atoms with Gasteiger partial charge in [0.1, 0.15) is 5.82 Å². The zero-order valence-corrected chi connectivity index (χ0v) is 20.3. The molecule has 176 valence electrons. The van der Waals surface area contributed by atoms with Crippen LogP contribution in [0.2, 0.25) is 0 Å². The maximum absolute atomic E-state index is 15.2. The minimum atomic E-state index is -4.47. The van der Waals surface area contributed by atoms with Crippen molar-refractivity contribution in [2.75, 3.05) is 29.8 Å². The lowest BCUT2D eigenvalue weighted by molar-refractivity contribution is 0.326. The molecule has 1 aliphatic heterocycles. The van der Waals surface area contributed by atoms with Crippen molar-refractivity contribution in [2.24, 2.45) is 0 Å². The quantitative estimate of drug-likeness (QED) is 0.524. The summed E-state index contributed by atoms with van der Waals surface area (Å²) >= 11 is 1.24. The maximum atomic E-state index is 15.2. The smallest absolute Gasteiger partial charge is 0.268 e. The Morgan fingerprint density at radius 1 is 1.24 bits per heavy atom. The summed E-state index contributed by atoms with van der Waals surface area (Å²) in [5.41, 5.74) is 1.65. The largest absolute Gasteiger partial charge is 0.370 e. The number of nitrogens with one attached hydrogen (secondary N) is 1. The third kappa shape index (κ3) is 5.02. The highest BCUT2D eigenvalue weighted by Gasteiger charge is 2.32. The fourth-order valence-corrected chi connectivity index (χ4v) is 6.01. The molecule has 0 bridgehead atoms. The van der Waals surface area contributed by atoms with Gasteiger partial charge in [0.25, 0.3) is 10.0 Å². The molecule has 4 rings (SSSR count). The van der Waals surface area contributed by atoms with Crippen LogP contribution in [-0.4, -0.2) is 44.5 Å². The second kappa shape index (κ2) is 9.36. The topological polar surface area (TPSA) is 65.5 Å². The van der Waals surface area contributed by atoms with Gasteiger partial charge in [0.2, 0.25) is 0 Å². The number of benzene rings is 2. The number of aryl methyl sites for hydroxylation is 1. The van der Waals surface area contributed by atoms with Crippen LogP contribution in [0.15, 0.2) is 46.7 Å². The summed E-state index contributed by atoms with van der Waals surface area (Å²) in [5.74, 6) is -2.17. The van der Waals surface area contributed by atoms with Crippen molar-refractivity contribution in [3.8, 4) is 0 Å². The van der Waals surface area contributed by atoms with Crippen LogP contribution in [0, 0.1) is 25.5 Å². The first-order chi connectivity index (χ1) is 15.7. The van der Waals surface area contributed by atoms with E-state index in [1.807, 2.05) is 23.1 Å². The zero-order valence-electron chi connectivity index (χ0n) is 18.7. The minimum absolute atomic E-state index is 0.0413. The van der Waals surface area contributed by atoms with Crippen molar-refractivity contribution >= 4 is 32.9 Å². The molecule has 1 fully saturated rings. The van der Waals surface area contributed by atoms with Gasteiger partial charge in [0.15, 0.2) is 16.5 Å². The molecule has 0 unspecified atom stereocenters. The Kier molecular flexibility index (Phi) is 6.69. The molecule has 33 heavy (non-hydrogen) atoms. The number of likely N-dealkylation sites (tertiary alicyclic amines) is 1. The van der Waals surface area contributed by atoms with E-state index >= 15 is 4.39 Å². The van der Waals surface area contributed by atoms with E-state index in [9.17, 15) is 12.8 Å². The Morgan fingerprint density at radius 2 is 1.97 bits per heavy atom. The van der Waals surface area contributed by atoms with E-state index in [-0.39, 0.29) is 17.4 Å². The van der Waals surface area contributed by atoms with Crippen LogP contribution in [0.25, 0.3) is 0 Å². The molecular weight excluding hydrogens is 466 g/mol. The van der Waals surface area contributed by atoms with Gasteiger partial charge < -0.3 is 4.90 Å². The molecule has 0 aliphatic carbocycles. The fraction of sp³-hybridized carbons (Fsp3) is 0.348. The van der Waals surface area contributed by atoms with E-state index in [4.69, 9.17) is 0 Å². The van der Waals surface area contributed by atoms with Crippen molar-refractivity contribution < 1.29 is 17.2 Å². The van der Waals surface area contributed by atoms with Crippen LogP contribution in [0.5, 0.6) is 0 Å². The lowest BCUT2D eigenvalue weighted by Crippen LogP contribution is -2.35. The Bertz CT molecular complexity index is 1250. The van der Waals surface area contributed by atoms with Gasteiger partial charge in [0.05, 0.1) is 5.01 Å². The normalized spacial score (nSPS) is 16.8. The number of likely N-dealkylation sites (N-methyl/N-ethyl adjacent to an activating group) is 1. The van der Waals surface area contributed by atoms with E-state index in [0.29, 0.717) is 10.7 Å². The van der Waals surface area contributed by atoms with Gasteiger partial charge in [-0.3, -0.25) is 9.62 Å². The third-order valence-electron chi connectivity index (χ3n) is 5.94. The first-order valence-electron chi connectivity index (χ1n) is 10.6. The number of thiazole rings is 1. The van der Waals surface area contributed by atoms with Crippen molar-refractivity contribution in [1.82, 2.24) is 9.88 Å². The van der Waals surface area contributed by atoms with Gasteiger partial charge in [-0.15, -0.1) is 11.3 Å². The average Bonchev–Trinajstić information content (AvgIpc) is 3.39. The molecule has 1 N–H and O–H groups in total. The summed E-state index contributed by atoms with van der Waals surface area (Å²) in [6.07, 6.45) is 0.844. The van der Waals surface area contributed by atoms with Gasteiger partial charge >= 0.3 is 0 Å². The van der Waals surface area contributed by atoms with Gasteiger partial charge in [-0.25, -0.2) is 22.2 Å². The monoisotopic (exact) mass is 492 g/mol. The van der Waals surface area contributed by atoms with E-state index in [1.54, 1.807) is 14.0 Å². The molecule has 2 heterocycles. The highest BCUT2D eigenvalue weighted by atomic mass is 32.2. The highest BCUT2D eigenvalue weighted by molar-refractivity contribution is 7.92. The summed E-state index contributed by atoms with van der Waals surface area (Å²) in [6, 6.07) is 11.3. The standard InChI is InChI=1S/C23H26F2N4O2S2/c1-15-20(28(3)18-9-10-29(13-18)12-17-7-5-4-6-8-17)11-19(24)23(22(15)25)33(30,31)27-21-14-32-16(2)26-21/h4-8,11,14,18,27H,9-10,12-13H2,1-3H3/t18-/m0/s1. The zero-order chi connectivity index (χ0) is 23.8. The number of halogens is 2. The number of sulfonamides is 1. The van der Waals surface area contributed by atoms with Crippen LogP contribution in [-0.2, 0) is 16.6 Å². The van der Waals surface area contributed by atoms with E-state index in [0.717, 1.165) is 32.1 Å². The number of hydrogen-bond acceptors (Lipinski definition) is 6. The summed E-state index contributed by atoms with van der Waals surface area (Å²) in [6.45, 7) is 5.62. The molecule has 2 aromatic carbocycles. The maximum Gasteiger partial charge on any atom is 0.268 e. The van der Waals surface area contributed by atoms with Gasteiger partial charge in [-0.05, 0) is 31.9 Å². The number of hydrogen-bond donors (Lipinski definition) is 1. The Labute approximate surface area is 196 Å². The number of aromatic nitrogens is 1.